The Bertz CT molecular complexity index is 487. The van der Waals surface area contributed by atoms with Crippen LogP contribution in [-0.4, -0.2) is 42.8 Å². The van der Waals surface area contributed by atoms with Crippen molar-refractivity contribution < 1.29 is 9.53 Å². The van der Waals surface area contributed by atoms with Gasteiger partial charge in [-0.25, -0.2) is 4.79 Å². The number of nitrogens with one attached hydrogen (secondary N) is 1. The van der Waals surface area contributed by atoms with Crippen molar-refractivity contribution in [1.29, 1.82) is 0 Å². The van der Waals surface area contributed by atoms with Gasteiger partial charge in [0.05, 0.1) is 6.10 Å². The van der Waals surface area contributed by atoms with Crippen LogP contribution in [0.5, 0.6) is 0 Å². The van der Waals surface area contributed by atoms with Crippen molar-refractivity contribution in [3.8, 4) is 0 Å². The summed E-state index contributed by atoms with van der Waals surface area (Å²) in [5, 5.41) is 3.80. The van der Waals surface area contributed by atoms with E-state index in [-0.39, 0.29) is 12.1 Å². The van der Waals surface area contributed by atoms with E-state index in [0.717, 1.165) is 49.5 Å². The number of nitrogens with zero attached hydrogens (tertiary/aromatic N) is 1. The molecule has 0 radical (unpaired) electrons. The first-order valence-electron chi connectivity index (χ1n) is 8.00. The van der Waals surface area contributed by atoms with Crippen molar-refractivity contribution in [2.24, 2.45) is 0 Å². The fraction of sp³-hybridized carbons (Fsp3) is 0.588. The van der Waals surface area contributed by atoms with Gasteiger partial charge < -0.3 is 15.0 Å². The Kier molecular flexibility index (Phi) is 6.52. The lowest BCUT2D eigenvalue weighted by Gasteiger charge is -2.32. The Balaban J connectivity index is 1.77. The molecule has 1 aliphatic heterocycles. The summed E-state index contributed by atoms with van der Waals surface area (Å²) in [6, 6.07) is 7.86. The van der Waals surface area contributed by atoms with Crippen LogP contribution in [0.1, 0.15) is 32.3 Å². The molecule has 2 amide bonds. The molecular formula is C17H25ClN2O2. The molecule has 1 aliphatic rings. The highest BCUT2D eigenvalue weighted by Gasteiger charge is 2.23. The van der Waals surface area contributed by atoms with E-state index in [1.54, 1.807) is 0 Å². The highest BCUT2D eigenvalue weighted by Crippen LogP contribution is 2.15. The largest absolute Gasteiger partial charge is 0.378 e. The van der Waals surface area contributed by atoms with Crippen LogP contribution in [0.2, 0.25) is 5.02 Å². The summed E-state index contributed by atoms with van der Waals surface area (Å²) in [5.41, 5.74) is 1.13. The molecule has 1 N–H and O–H groups in total. The second-order valence-corrected chi connectivity index (χ2v) is 6.26. The van der Waals surface area contributed by atoms with Crippen LogP contribution < -0.4 is 5.32 Å². The summed E-state index contributed by atoms with van der Waals surface area (Å²) in [4.78, 5) is 14.2. The minimum absolute atomic E-state index is 0.0180. The number of rotatable bonds is 5. The highest BCUT2D eigenvalue weighted by molar-refractivity contribution is 6.30. The second-order valence-electron chi connectivity index (χ2n) is 5.83. The van der Waals surface area contributed by atoms with Crippen molar-refractivity contribution in [2.45, 2.75) is 45.3 Å². The van der Waals surface area contributed by atoms with Gasteiger partial charge in [0.1, 0.15) is 0 Å². The van der Waals surface area contributed by atoms with Gasteiger partial charge in [0.2, 0.25) is 0 Å². The molecule has 1 unspecified atom stereocenters. The molecule has 0 bridgehead atoms. The maximum Gasteiger partial charge on any atom is 0.317 e. The normalized spacial score (nSPS) is 17.3. The lowest BCUT2D eigenvalue weighted by Crippen LogP contribution is -2.48. The molecule has 5 heteroatoms. The Morgan fingerprint density at radius 3 is 2.82 bits per heavy atom. The van der Waals surface area contributed by atoms with Gasteiger partial charge in [-0.2, -0.15) is 0 Å². The van der Waals surface area contributed by atoms with Crippen LogP contribution in [-0.2, 0) is 11.2 Å². The first-order chi connectivity index (χ1) is 10.6. The molecule has 1 heterocycles. The maximum absolute atomic E-state index is 12.3. The number of carbonyl (C=O) groups excluding carboxylic acids is 1. The van der Waals surface area contributed by atoms with E-state index in [1.807, 2.05) is 43.0 Å². The van der Waals surface area contributed by atoms with Crippen LogP contribution in [0.25, 0.3) is 0 Å². The molecule has 1 aromatic carbocycles. The molecule has 1 atom stereocenters. The van der Waals surface area contributed by atoms with E-state index >= 15 is 0 Å². The minimum atomic E-state index is 0.0180. The zero-order chi connectivity index (χ0) is 15.9. The predicted molar refractivity (Wildman–Crippen MR) is 89.4 cm³/mol. The molecule has 1 aromatic rings. The average Bonchev–Trinajstić information content (AvgIpc) is 2.48. The Labute approximate surface area is 137 Å². The topological polar surface area (TPSA) is 41.6 Å². The van der Waals surface area contributed by atoms with E-state index in [0.29, 0.717) is 6.10 Å². The summed E-state index contributed by atoms with van der Waals surface area (Å²) in [7, 11) is 0. The van der Waals surface area contributed by atoms with Crippen molar-refractivity contribution in [3.05, 3.63) is 34.9 Å². The van der Waals surface area contributed by atoms with Crippen LogP contribution in [0.3, 0.4) is 0 Å². The number of carbonyl (C=O) groups is 1. The third-order valence-electron chi connectivity index (χ3n) is 3.93. The summed E-state index contributed by atoms with van der Waals surface area (Å²) < 4.78 is 5.61. The Morgan fingerprint density at radius 2 is 2.18 bits per heavy atom. The quantitative estimate of drug-likeness (QED) is 0.901. The molecule has 122 valence electrons. The molecule has 0 saturated carbocycles. The summed E-state index contributed by atoms with van der Waals surface area (Å²) in [5.74, 6) is 0. The third-order valence-corrected chi connectivity index (χ3v) is 4.17. The maximum atomic E-state index is 12.3. The number of benzene rings is 1. The predicted octanol–water partition coefficient (Wildman–Crippen LogP) is 3.48. The molecule has 1 fully saturated rings. The number of hydrogen-bond donors (Lipinski definition) is 1. The first kappa shape index (κ1) is 17.1. The van der Waals surface area contributed by atoms with E-state index < -0.39 is 0 Å². The number of amides is 2. The zero-order valence-corrected chi connectivity index (χ0v) is 14.1. The van der Waals surface area contributed by atoms with E-state index in [9.17, 15) is 4.79 Å². The Hall–Kier alpha value is -1.26. The summed E-state index contributed by atoms with van der Waals surface area (Å²) in [6.07, 6.45) is 2.92. The SMILES string of the molecule is CCOC1CCN(C(=O)NC(C)Cc2cccc(Cl)c2)CC1. The number of piperidine rings is 1. The van der Waals surface area contributed by atoms with Gasteiger partial charge in [-0.1, -0.05) is 23.7 Å². The molecule has 0 aliphatic carbocycles. The number of urea groups is 1. The molecule has 1 saturated heterocycles. The molecular weight excluding hydrogens is 300 g/mol. The molecule has 4 nitrogen and oxygen atoms in total. The molecule has 0 spiro atoms. The molecule has 2 rings (SSSR count). The van der Waals surface area contributed by atoms with Gasteiger partial charge in [0, 0.05) is 30.8 Å². The van der Waals surface area contributed by atoms with Crippen molar-refractivity contribution in [2.75, 3.05) is 19.7 Å². The van der Waals surface area contributed by atoms with Crippen molar-refractivity contribution >= 4 is 17.6 Å². The van der Waals surface area contributed by atoms with Crippen LogP contribution in [0.15, 0.2) is 24.3 Å². The minimum Gasteiger partial charge on any atom is -0.378 e. The van der Waals surface area contributed by atoms with Gasteiger partial charge in [-0.15, -0.1) is 0 Å². The van der Waals surface area contributed by atoms with E-state index in [1.165, 1.54) is 0 Å². The Morgan fingerprint density at radius 1 is 1.45 bits per heavy atom. The number of hydrogen-bond acceptors (Lipinski definition) is 2. The number of halogens is 1. The van der Waals surface area contributed by atoms with E-state index in [2.05, 4.69) is 5.32 Å². The second kappa shape index (κ2) is 8.39. The lowest BCUT2D eigenvalue weighted by molar-refractivity contribution is 0.0218. The number of likely N-dealkylation sites (tertiary alicyclic amines) is 1. The highest BCUT2D eigenvalue weighted by atomic mass is 35.5. The number of ether oxygens (including phenoxy) is 1. The fourth-order valence-corrected chi connectivity index (χ4v) is 3.04. The monoisotopic (exact) mass is 324 g/mol. The van der Waals surface area contributed by atoms with Crippen molar-refractivity contribution in [1.82, 2.24) is 10.2 Å². The average molecular weight is 325 g/mol. The third kappa shape index (κ3) is 5.18. The van der Waals surface area contributed by atoms with Crippen molar-refractivity contribution in [3.63, 3.8) is 0 Å². The molecule has 22 heavy (non-hydrogen) atoms. The van der Waals surface area contributed by atoms with Crippen LogP contribution in [0, 0.1) is 0 Å². The van der Waals surface area contributed by atoms with E-state index in [4.69, 9.17) is 16.3 Å². The van der Waals surface area contributed by atoms with Gasteiger partial charge >= 0.3 is 6.03 Å². The standard InChI is InChI=1S/C17H25ClN2O2/c1-3-22-16-7-9-20(10-8-16)17(21)19-13(2)11-14-5-4-6-15(18)12-14/h4-6,12-13,16H,3,7-11H2,1-2H3,(H,19,21). The van der Waals surface area contributed by atoms with Crippen LogP contribution >= 0.6 is 11.6 Å². The first-order valence-corrected chi connectivity index (χ1v) is 8.37. The summed E-state index contributed by atoms with van der Waals surface area (Å²) >= 11 is 5.99. The smallest absolute Gasteiger partial charge is 0.317 e. The van der Waals surface area contributed by atoms with Gasteiger partial charge in [0.25, 0.3) is 0 Å². The zero-order valence-electron chi connectivity index (χ0n) is 13.3. The van der Waals surface area contributed by atoms with Gasteiger partial charge in [0.15, 0.2) is 0 Å². The van der Waals surface area contributed by atoms with Gasteiger partial charge in [-0.05, 0) is 50.8 Å². The van der Waals surface area contributed by atoms with Gasteiger partial charge in [-0.3, -0.25) is 0 Å². The lowest BCUT2D eigenvalue weighted by atomic mass is 10.1. The molecule has 0 aromatic heterocycles. The summed E-state index contributed by atoms with van der Waals surface area (Å²) in [6.45, 7) is 6.30. The van der Waals surface area contributed by atoms with Crippen LogP contribution in [0.4, 0.5) is 4.79 Å². The fourth-order valence-electron chi connectivity index (χ4n) is 2.83.